The first-order valence-electron chi connectivity index (χ1n) is 21.4. The number of para-hydroxylation sites is 2. The van der Waals surface area contributed by atoms with Crippen molar-refractivity contribution in [2.75, 3.05) is 0 Å². The quantitative estimate of drug-likeness (QED) is 0.161. The van der Waals surface area contributed by atoms with E-state index in [1.165, 1.54) is 60.3 Å². The Kier molecular flexibility index (Phi) is 8.60. The van der Waals surface area contributed by atoms with E-state index in [1.54, 1.807) is 0 Å². The Labute approximate surface area is 360 Å². The van der Waals surface area contributed by atoms with Crippen LogP contribution < -0.4 is 0 Å². The second-order valence-corrected chi connectivity index (χ2v) is 16.1. The van der Waals surface area contributed by atoms with Gasteiger partial charge >= 0.3 is 0 Å². The van der Waals surface area contributed by atoms with Crippen LogP contribution in [0, 0.1) is 0 Å². The lowest BCUT2D eigenvalue weighted by molar-refractivity contribution is 0.648. The molecule has 1 atom stereocenters. The maximum absolute atomic E-state index is 5.09. The first-order valence-corrected chi connectivity index (χ1v) is 21.4. The van der Waals surface area contributed by atoms with Crippen LogP contribution in [0.4, 0.5) is 0 Å². The maximum Gasteiger partial charge on any atom is 0.160 e. The van der Waals surface area contributed by atoms with Gasteiger partial charge in [0, 0.05) is 49.4 Å². The normalized spacial score (nSPS) is 13.8. The molecule has 0 radical (unpaired) electrons. The summed E-state index contributed by atoms with van der Waals surface area (Å²) in [5.41, 5.74) is 15.7. The van der Waals surface area contributed by atoms with Gasteiger partial charge in [-0.15, -0.1) is 0 Å². The summed E-state index contributed by atoms with van der Waals surface area (Å²) >= 11 is 0. The zero-order valence-electron chi connectivity index (χ0n) is 33.9. The minimum Gasteiger partial charge on any atom is -0.333 e. The van der Waals surface area contributed by atoms with Crippen molar-refractivity contribution in [1.82, 2.24) is 19.1 Å². The van der Waals surface area contributed by atoms with Gasteiger partial charge in [0.25, 0.3) is 0 Å². The first kappa shape index (κ1) is 35.8. The summed E-state index contributed by atoms with van der Waals surface area (Å²) < 4.78 is 4.96. The smallest absolute Gasteiger partial charge is 0.160 e. The van der Waals surface area contributed by atoms with E-state index in [1.807, 2.05) is 24.3 Å². The van der Waals surface area contributed by atoms with Gasteiger partial charge in [-0.05, 0) is 71.1 Å². The third-order valence-corrected chi connectivity index (χ3v) is 12.5. The van der Waals surface area contributed by atoms with Gasteiger partial charge in [-0.1, -0.05) is 182 Å². The molecule has 0 amide bonds. The van der Waals surface area contributed by atoms with E-state index in [-0.39, 0.29) is 6.04 Å². The van der Waals surface area contributed by atoms with Gasteiger partial charge in [0.05, 0.1) is 34.0 Å². The van der Waals surface area contributed by atoms with Crippen LogP contribution in [-0.4, -0.2) is 19.1 Å². The fraction of sp³-hybridized carbons (Fsp3) is 0.0345. The number of allylic oxidation sites excluding steroid dienone is 4. The lowest BCUT2D eigenvalue weighted by Gasteiger charge is -2.18. The summed E-state index contributed by atoms with van der Waals surface area (Å²) in [6.45, 7) is 0. The molecule has 12 rings (SSSR count). The van der Waals surface area contributed by atoms with Crippen LogP contribution >= 0.6 is 0 Å². The van der Waals surface area contributed by atoms with Gasteiger partial charge < -0.3 is 9.13 Å². The zero-order valence-corrected chi connectivity index (χ0v) is 33.9. The molecule has 1 unspecified atom stereocenters. The summed E-state index contributed by atoms with van der Waals surface area (Å²) in [6, 6.07) is 72.1. The number of aromatic nitrogens is 4. The highest BCUT2D eigenvalue weighted by molar-refractivity contribution is 6.17. The molecule has 1 aliphatic rings. The summed E-state index contributed by atoms with van der Waals surface area (Å²) in [7, 11) is 0. The molecular weight excluding hydrogens is 753 g/mol. The van der Waals surface area contributed by atoms with Crippen molar-refractivity contribution in [3.8, 4) is 61.8 Å². The maximum atomic E-state index is 5.09. The van der Waals surface area contributed by atoms with Gasteiger partial charge in [0.15, 0.2) is 5.82 Å². The van der Waals surface area contributed by atoms with E-state index >= 15 is 0 Å². The van der Waals surface area contributed by atoms with E-state index < -0.39 is 0 Å². The first-order chi connectivity index (χ1) is 30.8. The Balaban J connectivity index is 0.971. The van der Waals surface area contributed by atoms with Gasteiger partial charge in [-0.25, -0.2) is 9.97 Å². The molecule has 0 N–H and O–H groups in total. The van der Waals surface area contributed by atoms with E-state index in [2.05, 4.69) is 209 Å². The topological polar surface area (TPSA) is 35.6 Å². The Morgan fingerprint density at radius 3 is 1.68 bits per heavy atom. The van der Waals surface area contributed by atoms with Crippen LogP contribution in [0.15, 0.2) is 224 Å². The fourth-order valence-corrected chi connectivity index (χ4v) is 9.65. The molecule has 0 saturated heterocycles. The summed E-state index contributed by atoms with van der Waals surface area (Å²) in [5, 5.41) is 5.04. The molecule has 4 heteroatoms. The van der Waals surface area contributed by atoms with E-state index in [9.17, 15) is 0 Å². The van der Waals surface area contributed by atoms with Gasteiger partial charge in [-0.2, -0.15) is 0 Å². The number of benzene rings is 8. The van der Waals surface area contributed by atoms with E-state index in [4.69, 9.17) is 9.97 Å². The fourth-order valence-electron chi connectivity index (χ4n) is 9.65. The average molecular weight is 793 g/mol. The molecule has 0 spiro atoms. The molecule has 62 heavy (non-hydrogen) atoms. The molecule has 0 fully saturated rings. The minimum atomic E-state index is 0.277. The second kappa shape index (κ2) is 14.9. The number of hydrogen-bond acceptors (Lipinski definition) is 2. The predicted molar refractivity (Wildman–Crippen MR) is 258 cm³/mol. The van der Waals surface area contributed by atoms with Crippen molar-refractivity contribution in [3.05, 3.63) is 224 Å². The zero-order chi connectivity index (χ0) is 41.0. The molecule has 3 heterocycles. The number of nitrogens with zero attached hydrogens (tertiary/aromatic N) is 4. The highest BCUT2D eigenvalue weighted by atomic mass is 15.0. The molecule has 0 aliphatic heterocycles. The number of hydrogen-bond donors (Lipinski definition) is 0. The second-order valence-electron chi connectivity index (χ2n) is 16.1. The minimum absolute atomic E-state index is 0.277. The third-order valence-electron chi connectivity index (χ3n) is 12.5. The Hall–Kier alpha value is -8.08. The predicted octanol–water partition coefficient (Wildman–Crippen LogP) is 15.1. The van der Waals surface area contributed by atoms with Gasteiger partial charge in [0.2, 0.25) is 0 Å². The third kappa shape index (κ3) is 5.99. The van der Waals surface area contributed by atoms with Crippen LogP contribution in [0.25, 0.3) is 105 Å². The average Bonchev–Trinajstić information content (AvgIpc) is 3.88. The molecular formula is C58H40N4. The van der Waals surface area contributed by atoms with Gasteiger partial charge in [-0.3, -0.25) is 0 Å². The molecule has 0 saturated carbocycles. The SMILES string of the molecule is C1=CCC(n2c3ccccc3c3c(-c4cccc(-n5c6ccccc6c6c(-c7ccc(-c8cc(-c9ccccc9)nc(-c9ccccc9)n8)cc7)cccc65)c4)cccc32)C=C1. The van der Waals surface area contributed by atoms with Crippen LogP contribution in [0.1, 0.15) is 12.5 Å². The molecule has 4 nitrogen and oxygen atoms in total. The highest BCUT2D eigenvalue weighted by Crippen LogP contribution is 2.42. The molecule has 11 aromatic rings. The largest absolute Gasteiger partial charge is 0.333 e. The molecule has 3 aromatic heterocycles. The summed E-state index contributed by atoms with van der Waals surface area (Å²) in [5.74, 6) is 0.714. The van der Waals surface area contributed by atoms with Crippen molar-refractivity contribution in [1.29, 1.82) is 0 Å². The summed E-state index contributed by atoms with van der Waals surface area (Å²) in [6.07, 6.45) is 9.91. The lowest BCUT2D eigenvalue weighted by Crippen LogP contribution is -2.06. The monoisotopic (exact) mass is 792 g/mol. The van der Waals surface area contributed by atoms with E-state index in [0.717, 1.165) is 45.7 Å². The highest BCUT2D eigenvalue weighted by Gasteiger charge is 2.21. The van der Waals surface area contributed by atoms with Crippen molar-refractivity contribution in [2.45, 2.75) is 12.5 Å². The molecule has 292 valence electrons. The Bertz CT molecular complexity index is 3480. The van der Waals surface area contributed by atoms with Crippen molar-refractivity contribution < 1.29 is 0 Å². The number of rotatable bonds is 7. The molecule has 8 aromatic carbocycles. The van der Waals surface area contributed by atoms with Crippen molar-refractivity contribution in [3.63, 3.8) is 0 Å². The standard InChI is InChI=1S/C58H40N4/c1-4-17-40(18-5-1)50-38-51(60-58(59-50)42-19-6-2-7-20-42)41-35-33-39(34-36-41)46-27-15-32-55-56(46)49-26-11-13-30-53(49)62(55)45-24-14-21-43(37-45)47-28-16-31-54-57(47)48-25-10-12-29-52(48)61(54)44-22-8-3-9-23-44/h1-22,24-38,44H,23H2. The summed E-state index contributed by atoms with van der Waals surface area (Å²) in [4.78, 5) is 10.1. The molecule has 0 bridgehead atoms. The van der Waals surface area contributed by atoms with Gasteiger partial charge in [0.1, 0.15) is 0 Å². The lowest BCUT2D eigenvalue weighted by atomic mass is 9.97. The molecule has 1 aliphatic carbocycles. The Morgan fingerprint density at radius 1 is 0.403 bits per heavy atom. The van der Waals surface area contributed by atoms with Crippen LogP contribution in [0.5, 0.6) is 0 Å². The van der Waals surface area contributed by atoms with Crippen molar-refractivity contribution in [2.24, 2.45) is 0 Å². The van der Waals surface area contributed by atoms with Crippen LogP contribution in [0.2, 0.25) is 0 Å². The number of fused-ring (bicyclic) bond motifs is 6. The van der Waals surface area contributed by atoms with Crippen molar-refractivity contribution >= 4 is 43.6 Å². The Morgan fingerprint density at radius 2 is 0.952 bits per heavy atom. The van der Waals surface area contributed by atoms with Crippen LogP contribution in [0.3, 0.4) is 0 Å². The van der Waals surface area contributed by atoms with Crippen LogP contribution in [-0.2, 0) is 0 Å². The van der Waals surface area contributed by atoms with E-state index in [0.29, 0.717) is 5.82 Å².